The molecular formula is C10H9BrF3NO4. The standard InChI is InChI=1S/C10H9BrF3NO4/c1-2-18-9(17)7-8(19-10(12,13)14)5(3-11)6(16)4-15-7/h4,16H,2-3H2,1H3. The molecule has 0 fully saturated rings. The van der Waals surface area contributed by atoms with Gasteiger partial charge in [0, 0.05) is 5.33 Å². The predicted molar refractivity (Wildman–Crippen MR) is 61.2 cm³/mol. The molecule has 1 N–H and O–H groups in total. The zero-order valence-electron chi connectivity index (χ0n) is 9.62. The largest absolute Gasteiger partial charge is 0.573 e. The Hall–Kier alpha value is -1.51. The normalized spacial score (nSPS) is 11.2. The Morgan fingerprint density at radius 3 is 2.63 bits per heavy atom. The summed E-state index contributed by atoms with van der Waals surface area (Å²) < 4.78 is 45.3. The van der Waals surface area contributed by atoms with E-state index in [0.717, 1.165) is 6.20 Å². The minimum Gasteiger partial charge on any atom is -0.506 e. The molecule has 9 heteroatoms. The van der Waals surface area contributed by atoms with Crippen LogP contribution in [0.2, 0.25) is 0 Å². The van der Waals surface area contributed by atoms with Gasteiger partial charge in [-0.25, -0.2) is 9.78 Å². The van der Waals surface area contributed by atoms with Crippen LogP contribution in [0.4, 0.5) is 13.2 Å². The van der Waals surface area contributed by atoms with Crippen molar-refractivity contribution in [1.29, 1.82) is 0 Å². The average molecular weight is 344 g/mol. The number of alkyl halides is 4. The van der Waals surface area contributed by atoms with Gasteiger partial charge in [0.25, 0.3) is 0 Å². The summed E-state index contributed by atoms with van der Waals surface area (Å²) in [4.78, 5) is 14.9. The molecule has 1 aromatic rings. The fourth-order valence-corrected chi connectivity index (χ4v) is 1.76. The Labute approximate surface area is 114 Å². The predicted octanol–water partition coefficient (Wildman–Crippen LogP) is 2.76. The third kappa shape index (κ3) is 3.98. The summed E-state index contributed by atoms with van der Waals surface area (Å²) in [6.07, 6.45) is -4.17. The lowest BCUT2D eigenvalue weighted by molar-refractivity contribution is -0.275. The zero-order valence-corrected chi connectivity index (χ0v) is 11.2. The topological polar surface area (TPSA) is 68.7 Å². The lowest BCUT2D eigenvalue weighted by Gasteiger charge is -2.15. The number of nitrogens with zero attached hydrogens (tertiary/aromatic N) is 1. The zero-order chi connectivity index (χ0) is 14.6. The summed E-state index contributed by atoms with van der Waals surface area (Å²) >= 11 is 2.90. The van der Waals surface area contributed by atoms with E-state index in [2.05, 4.69) is 30.4 Å². The van der Waals surface area contributed by atoms with Crippen LogP contribution in [0.3, 0.4) is 0 Å². The summed E-state index contributed by atoms with van der Waals surface area (Å²) in [6, 6.07) is 0. The third-order valence-electron chi connectivity index (χ3n) is 1.93. The highest BCUT2D eigenvalue weighted by atomic mass is 79.9. The summed E-state index contributed by atoms with van der Waals surface area (Å²) in [5.74, 6) is -2.46. The van der Waals surface area contributed by atoms with E-state index in [1.807, 2.05) is 0 Å². The Balaban J connectivity index is 3.34. The SMILES string of the molecule is CCOC(=O)c1ncc(O)c(CBr)c1OC(F)(F)F. The molecule has 0 saturated carbocycles. The number of hydrogen-bond acceptors (Lipinski definition) is 5. The number of rotatable bonds is 4. The first kappa shape index (κ1) is 15.5. The van der Waals surface area contributed by atoms with Crippen LogP contribution in [0, 0.1) is 0 Å². The molecule has 0 atom stereocenters. The van der Waals surface area contributed by atoms with Crippen LogP contribution in [-0.2, 0) is 10.1 Å². The highest BCUT2D eigenvalue weighted by Crippen LogP contribution is 2.35. The Bertz CT molecular complexity index is 479. The van der Waals surface area contributed by atoms with Gasteiger partial charge in [-0.05, 0) is 6.92 Å². The minimum atomic E-state index is -5.02. The van der Waals surface area contributed by atoms with Crippen LogP contribution >= 0.6 is 15.9 Å². The summed E-state index contributed by atoms with van der Waals surface area (Å²) in [5, 5.41) is 9.28. The monoisotopic (exact) mass is 343 g/mol. The molecule has 1 aromatic heterocycles. The van der Waals surface area contributed by atoms with Crippen LogP contribution in [0.25, 0.3) is 0 Å². The summed E-state index contributed by atoms with van der Waals surface area (Å²) in [7, 11) is 0. The van der Waals surface area contributed by atoms with Gasteiger partial charge in [0.2, 0.25) is 0 Å². The van der Waals surface area contributed by atoms with E-state index >= 15 is 0 Å². The molecule has 0 bridgehead atoms. The summed E-state index contributed by atoms with van der Waals surface area (Å²) in [6.45, 7) is 1.46. The molecule has 0 aromatic carbocycles. The number of carbonyl (C=O) groups is 1. The second-order valence-corrected chi connectivity index (χ2v) is 3.76. The lowest BCUT2D eigenvalue weighted by Crippen LogP contribution is -2.21. The molecular weight excluding hydrogens is 335 g/mol. The second-order valence-electron chi connectivity index (χ2n) is 3.20. The van der Waals surface area contributed by atoms with Crippen LogP contribution < -0.4 is 4.74 Å². The molecule has 0 unspecified atom stereocenters. The maximum atomic E-state index is 12.3. The first-order valence-electron chi connectivity index (χ1n) is 4.99. The molecule has 0 aliphatic rings. The fraction of sp³-hybridized carbons (Fsp3) is 0.400. The molecule has 5 nitrogen and oxygen atoms in total. The van der Waals surface area contributed by atoms with E-state index in [-0.39, 0.29) is 17.5 Å². The van der Waals surface area contributed by atoms with Crippen molar-refractivity contribution in [3.63, 3.8) is 0 Å². The van der Waals surface area contributed by atoms with Crippen molar-refractivity contribution < 1.29 is 32.5 Å². The maximum Gasteiger partial charge on any atom is 0.573 e. The molecule has 0 aliphatic heterocycles. The molecule has 1 rings (SSSR count). The van der Waals surface area contributed by atoms with E-state index in [9.17, 15) is 23.1 Å². The van der Waals surface area contributed by atoms with Gasteiger partial charge in [-0.2, -0.15) is 0 Å². The van der Waals surface area contributed by atoms with Gasteiger partial charge in [-0.1, -0.05) is 15.9 Å². The number of ether oxygens (including phenoxy) is 2. The molecule has 0 spiro atoms. The number of esters is 1. The number of aromatic hydroxyl groups is 1. The molecule has 0 radical (unpaired) electrons. The molecule has 1 heterocycles. The van der Waals surface area contributed by atoms with Crippen LogP contribution in [0.1, 0.15) is 23.0 Å². The number of hydrogen-bond donors (Lipinski definition) is 1. The van der Waals surface area contributed by atoms with Crippen molar-refractivity contribution in [2.75, 3.05) is 6.61 Å². The lowest BCUT2D eigenvalue weighted by atomic mass is 10.2. The van der Waals surface area contributed by atoms with Gasteiger partial charge in [0.1, 0.15) is 5.75 Å². The van der Waals surface area contributed by atoms with Gasteiger partial charge in [0.15, 0.2) is 11.4 Å². The fourth-order valence-electron chi connectivity index (χ4n) is 1.22. The van der Waals surface area contributed by atoms with E-state index in [1.165, 1.54) is 6.92 Å². The van der Waals surface area contributed by atoms with Crippen molar-refractivity contribution in [1.82, 2.24) is 4.98 Å². The number of halogens is 4. The van der Waals surface area contributed by atoms with Crippen LogP contribution in [0.5, 0.6) is 11.5 Å². The number of aromatic nitrogens is 1. The molecule has 0 amide bonds. The minimum absolute atomic E-state index is 0.0313. The highest BCUT2D eigenvalue weighted by molar-refractivity contribution is 9.08. The molecule has 106 valence electrons. The van der Waals surface area contributed by atoms with E-state index in [1.54, 1.807) is 0 Å². The molecule has 19 heavy (non-hydrogen) atoms. The Morgan fingerprint density at radius 1 is 1.53 bits per heavy atom. The first-order chi connectivity index (χ1) is 8.80. The average Bonchev–Trinajstić information content (AvgIpc) is 2.27. The van der Waals surface area contributed by atoms with Crippen molar-refractivity contribution in [2.24, 2.45) is 0 Å². The maximum absolute atomic E-state index is 12.3. The van der Waals surface area contributed by atoms with Gasteiger partial charge in [-0.15, -0.1) is 13.2 Å². The van der Waals surface area contributed by atoms with Crippen molar-refractivity contribution >= 4 is 21.9 Å². The van der Waals surface area contributed by atoms with Gasteiger partial charge >= 0.3 is 12.3 Å². The van der Waals surface area contributed by atoms with Crippen molar-refractivity contribution in [3.8, 4) is 11.5 Å². The molecule has 0 aliphatic carbocycles. The smallest absolute Gasteiger partial charge is 0.506 e. The van der Waals surface area contributed by atoms with Crippen molar-refractivity contribution in [2.45, 2.75) is 18.6 Å². The molecule has 0 saturated heterocycles. The quantitative estimate of drug-likeness (QED) is 0.672. The van der Waals surface area contributed by atoms with Gasteiger partial charge in [-0.3, -0.25) is 0 Å². The number of carbonyl (C=O) groups excluding carboxylic acids is 1. The second kappa shape index (κ2) is 6.09. The van der Waals surface area contributed by atoms with Crippen LogP contribution in [-0.4, -0.2) is 29.0 Å². The highest BCUT2D eigenvalue weighted by Gasteiger charge is 2.35. The Morgan fingerprint density at radius 2 is 2.16 bits per heavy atom. The van der Waals surface area contributed by atoms with E-state index in [4.69, 9.17) is 0 Å². The van der Waals surface area contributed by atoms with E-state index < -0.39 is 29.5 Å². The third-order valence-corrected chi connectivity index (χ3v) is 2.50. The van der Waals surface area contributed by atoms with Gasteiger partial charge in [0.05, 0.1) is 18.4 Å². The van der Waals surface area contributed by atoms with Crippen LogP contribution in [0.15, 0.2) is 6.20 Å². The summed E-state index contributed by atoms with van der Waals surface area (Å²) in [5.41, 5.74) is -0.887. The Kier molecular flexibility index (Phi) is 4.98. The van der Waals surface area contributed by atoms with Crippen molar-refractivity contribution in [3.05, 3.63) is 17.5 Å². The van der Waals surface area contributed by atoms with Gasteiger partial charge < -0.3 is 14.6 Å². The first-order valence-corrected chi connectivity index (χ1v) is 6.12. The van der Waals surface area contributed by atoms with E-state index in [0.29, 0.717) is 0 Å². The number of pyridine rings is 1.